The summed E-state index contributed by atoms with van der Waals surface area (Å²) < 4.78 is 0. The SMILES string of the molecule is Cc1ccc(C(=O)Cc2cncc([C@]3(C)CCSC(N)=N3)c2)s1. The monoisotopic (exact) mass is 345 g/mol. The predicted molar refractivity (Wildman–Crippen MR) is 97.4 cm³/mol. The number of aromatic nitrogens is 1. The first kappa shape index (κ1) is 16.2. The fourth-order valence-electron chi connectivity index (χ4n) is 2.63. The first-order valence-electron chi connectivity index (χ1n) is 7.48. The van der Waals surface area contributed by atoms with Crippen molar-refractivity contribution in [1.29, 1.82) is 0 Å². The van der Waals surface area contributed by atoms with Gasteiger partial charge < -0.3 is 5.73 Å². The molecule has 0 fully saturated rings. The highest BCUT2D eigenvalue weighted by Gasteiger charge is 2.30. The second-order valence-corrected chi connectivity index (χ2v) is 8.32. The molecule has 0 saturated carbocycles. The Morgan fingerprint density at radius 3 is 2.91 bits per heavy atom. The number of amidine groups is 1. The van der Waals surface area contributed by atoms with Crippen molar-refractivity contribution in [3.05, 3.63) is 51.5 Å². The van der Waals surface area contributed by atoms with E-state index in [0.717, 1.165) is 33.1 Å². The molecule has 3 rings (SSSR count). The van der Waals surface area contributed by atoms with Crippen LogP contribution in [0.5, 0.6) is 0 Å². The number of hydrogen-bond acceptors (Lipinski definition) is 6. The first-order valence-corrected chi connectivity index (χ1v) is 9.29. The van der Waals surface area contributed by atoms with E-state index in [1.54, 1.807) is 18.0 Å². The molecule has 0 amide bonds. The minimum Gasteiger partial charge on any atom is -0.379 e. The van der Waals surface area contributed by atoms with Crippen molar-refractivity contribution in [2.45, 2.75) is 32.2 Å². The van der Waals surface area contributed by atoms with Gasteiger partial charge >= 0.3 is 0 Å². The fraction of sp³-hybridized carbons (Fsp3) is 0.353. The zero-order valence-electron chi connectivity index (χ0n) is 13.2. The first-order chi connectivity index (χ1) is 11.0. The van der Waals surface area contributed by atoms with E-state index in [4.69, 9.17) is 5.73 Å². The van der Waals surface area contributed by atoms with Crippen LogP contribution < -0.4 is 5.73 Å². The van der Waals surface area contributed by atoms with Gasteiger partial charge in [-0.3, -0.25) is 14.8 Å². The van der Waals surface area contributed by atoms with Crippen molar-refractivity contribution in [3.63, 3.8) is 0 Å². The molecule has 2 N–H and O–H groups in total. The number of carbonyl (C=O) groups is 1. The van der Waals surface area contributed by atoms with Crippen LogP contribution in [0.25, 0.3) is 0 Å². The highest BCUT2D eigenvalue weighted by Crippen LogP contribution is 2.35. The minimum atomic E-state index is -0.346. The summed E-state index contributed by atoms with van der Waals surface area (Å²) in [6.45, 7) is 4.08. The Morgan fingerprint density at radius 2 is 2.22 bits per heavy atom. The van der Waals surface area contributed by atoms with Gasteiger partial charge in [0, 0.05) is 29.4 Å². The van der Waals surface area contributed by atoms with Crippen LogP contribution in [-0.4, -0.2) is 21.7 Å². The van der Waals surface area contributed by atoms with Crippen molar-refractivity contribution in [2.75, 3.05) is 5.75 Å². The average molecular weight is 345 g/mol. The van der Waals surface area contributed by atoms with Crippen LogP contribution in [-0.2, 0) is 12.0 Å². The van der Waals surface area contributed by atoms with Gasteiger partial charge in [0.1, 0.15) is 0 Å². The number of thioether (sulfide) groups is 1. The second-order valence-electron chi connectivity index (χ2n) is 5.91. The minimum absolute atomic E-state index is 0.134. The predicted octanol–water partition coefficient (Wildman–Crippen LogP) is 3.54. The van der Waals surface area contributed by atoms with Crippen LogP contribution in [0.2, 0.25) is 0 Å². The van der Waals surface area contributed by atoms with Crippen LogP contribution in [0.4, 0.5) is 0 Å². The molecule has 2 aromatic rings. The molecule has 6 heteroatoms. The third kappa shape index (κ3) is 3.64. The zero-order chi connectivity index (χ0) is 16.4. The molecule has 4 nitrogen and oxygen atoms in total. The molecule has 0 aromatic carbocycles. The van der Waals surface area contributed by atoms with Crippen LogP contribution in [0.1, 0.15) is 39.0 Å². The highest BCUT2D eigenvalue weighted by atomic mass is 32.2. The Kier molecular flexibility index (Phi) is 4.55. The zero-order valence-corrected chi connectivity index (χ0v) is 14.8. The fourth-order valence-corrected chi connectivity index (χ4v) is 4.41. The van der Waals surface area contributed by atoms with E-state index in [1.165, 1.54) is 11.3 Å². The summed E-state index contributed by atoms with van der Waals surface area (Å²) in [6.07, 6.45) is 4.87. The van der Waals surface area contributed by atoms with Crippen molar-refractivity contribution in [3.8, 4) is 0 Å². The largest absolute Gasteiger partial charge is 0.379 e. The summed E-state index contributed by atoms with van der Waals surface area (Å²) in [5.74, 6) is 1.08. The van der Waals surface area contributed by atoms with Crippen molar-refractivity contribution in [2.24, 2.45) is 10.7 Å². The van der Waals surface area contributed by atoms with E-state index in [2.05, 4.69) is 16.9 Å². The maximum Gasteiger partial charge on any atom is 0.177 e. The van der Waals surface area contributed by atoms with E-state index in [9.17, 15) is 4.79 Å². The lowest BCUT2D eigenvalue weighted by atomic mass is 9.90. The molecule has 1 aliphatic rings. The molecule has 0 unspecified atom stereocenters. The number of thiophene rings is 1. The summed E-state index contributed by atoms with van der Waals surface area (Å²) in [4.78, 5) is 23.2. The highest BCUT2D eigenvalue weighted by molar-refractivity contribution is 8.13. The lowest BCUT2D eigenvalue weighted by molar-refractivity contribution is 0.0996. The van der Waals surface area contributed by atoms with Gasteiger partial charge in [0.25, 0.3) is 0 Å². The number of rotatable bonds is 4. The summed E-state index contributed by atoms with van der Waals surface area (Å²) in [6, 6.07) is 5.91. The summed E-state index contributed by atoms with van der Waals surface area (Å²) in [5.41, 5.74) is 7.48. The van der Waals surface area contributed by atoms with E-state index in [-0.39, 0.29) is 11.3 Å². The Bertz CT molecular complexity index is 769. The summed E-state index contributed by atoms with van der Waals surface area (Å²) >= 11 is 3.12. The number of hydrogen-bond donors (Lipinski definition) is 1. The van der Waals surface area contributed by atoms with E-state index in [1.807, 2.05) is 31.3 Å². The Morgan fingerprint density at radius 1 is 1.39 bits per heavy atom. The van der Waals surface area contributed by atoms with Crippen LogP contribution in [0, 0.1) is 6.92 Å². The summed E-state index contributed by atoms with van der Waals surface area (Å²) in [7, 11) is 0. The maximum absolute atomic E-state index is 12.4. The normalized spacial score (nSPS) is 21.0. The Labute approximate surface area is 144 Å². The molecule has 0 bridgehead atoms. The van der Waals surface area contributed by atoms with Crippen LogP contribution in [0.15, 0.2) is 35.6 Å². The van der Waals surface area contributed by atoms with Gasteiger partial charge in [-0.2, -0.15) is 0 Å². The molecule has 1 aliphatic heterocycles. The van der Waals surface area contributed by atoms with Crippen molar-refractivity contribution < 1.29 is 4.79 Å². The number of ketones is 1. The average Bonchev–Trinajstić information content (AvgIpc) is 2.94. The van der Waals surface area contributed by atoms with E-state index < -0.39 is 0 Å². The molecule has 2 aromatic heterocycles. The smallest absolute Gasteiger partial charge is 0.177 e. The molecule has 0 aliphatic carbocycles. The molecular formula is C17H19N3OS2. The standard InChI is InChI=1S/C17H19N3OS2/c1-11-3-4-15(23-11)14(21)8-12-7-13(10-19-9-12)17(2)5-6-22-16(18)20-17/h3-4,7,9-10H,5-6,8H2,1-2H3,(H2,18,20)/t17-/m0/s1. The molecule has 1 atom stereocenters. The Balaban J connectivity index is 1.83. The number of aryl methyl sites for hydroxylation is 1. The van der Waals surface area contributed by atoms with Gasteiger partial charge in [-0.05, 0) is 49.6 Å². The van der Waals surface area contributed by atoms with E-state index >= 15 is 0 Å². The molecule has 0 spiro atoms. The van der Waals surface area contributed by atoms with Crippen molar-refractivity contribution in [1.82, 2.24) is 4.98 Å². The van der Waals surface area contributed by atoms with Crippen LogP contribution >= 0.6 is 23.1 Å². The molecular weight excluding hydrogens is 326 g/mol. The maximum atomic E-state index is 12.4. The Hall–Kier alpha value is -1.66. The lowest BCUT2D eigenvalue weighted by Crippen LogP contribution is -2.29. The van der Waals surface area contributed by atoms with Gasteiger partial charge in [0.2, 0.25) is 0 Å². The van der Waals surface area contributed by atoms with Gasteiger partial charge in [-0.1, -0.05) is 11.8 Å². The number of nitrogens with two attached hydrogens (primary N) is 1. The third-order valence-electron chi connectivity index (χ3n) is 3.99. The molecule has 120 valence electrons. The molecule has 23 heavy (non-hydrogen) atoms. The number of nitrogens with zero attached hydrogens (tertiary/aromatic N) is 2. The van der Waals surface area contributed by atoms with Gasteiger partial charge in [0.15, 0.2) is 11.0 Å². The van der Waals surface area contributed by atoms with Gasteiger partial charge in [-0.15, -0.1) is 11.3 Å². The summed E-state index contributed by atoms with van der Waals surface area (Å²) in [5, 5.41) is 0.620. The van der Waals surface area contributed by atoms with Crippen LogP contribution in [0.3, 0.4) is 0 Å². The molecule has 0 radical (unpaired) electrons. The van der Waals surface area contributed by atoms with Gasteiger partial charge in [-0.25, -0.2) is 0 Å². The van der Waals surface area contributed by atoms with E-state index in [0.29, 0.717) is 11.6 Å². The number of Topliss-reactive ketones (excluding diaryl/α,β-unsaturated/α-hetero) is 1. The third-order valence-corrected chi connectivity index (χ3v) is 5.83. The number of carbonyl (C=O) groups excluding carboxylic acids is 1. The lowest BCUT2D eigenvalue weighted by Gasteiger charge is -2.29. The number of aliphatic imine (C=N–C) groups is 1. The molecule has 0 saturated heterocycles. The number of pyridine rings is 1. The molecule has 3 heterocycles. The topological polar surface area (TPSA) is 68.3 Å². The van der Waals surface area contributed by atoms with Crippen molar-refractivity contribution >= 4 is 34.0 Å². The van der Waals surface area contributed by atoms with Gasteiger partial charge in [0.05, 0.1) is 10.4 Å². The second kappa shape index (κ2) is 6.45. The quantitative estimate of drug-likeness (QED) is 0.861.